The standard InChI is InChI=1S/C19H14F2N2O/c20-13-7-2-1-6-12(13)19-18-16(10-5-11-17(18)24)23(22-19)15-9-4-3-8-14(15)21/h1-4,6-9H,5,10-11H2. The zero-order chi connectivity index (χ0) is 16.7. The molecule has 1 aromatic heterocycles. The highest BCUT2D eigenvalue weighted by Crippen LogP contribution is 2.34. The number of para-hydroxylation sites is 1. The van der Waals surface area contributed by atoms with E-state index < -0.39 is 11.6 Å². The molecule has 1 heterocycles. The largest absolute Gasteiger partial charge is 0.294 e. The first-order valence-electron chi connectivity index (χ1n) is 7.81. The first kappa shape index (κ1) is 14.8. The fraction of sp³-hybridized carbons (Fsp3) is 0.158. The summed E-state index contributed by atoms with van der Waals surface area (Å²) in [4.78, 5) is 12.5. The fourth-order valence-electron chi connectivity index (χ4n) is 3.18. The van der Waals surface area contributed by atoms with Gasteiger partial charge in [0.05, 0.1) is 11.3 Å². The Hall–Kier alpha value is -2.82. The molecule has 120 valence electrons. The average molecular weight is 324 g/mol. The summed E-state index contributed by atoms with van der Waals surface area (Å²) in [5, 5.41) is 4.42. The Morgan fingerprint density at radius 1 is 0.917 bits per heavy atom. The van der Waals surface area contributed by atoms with Crippen LogP contribution in [0.5, 0.6) is 0 Å². The van der Waals surface area contributed by atoms with E-state index in [0.717, 1.165) is 0 Å². The summed E-state index contributed by atoms with van der Waals surface area (Å²) < 4.78 is 29.9. The number of rotatable bonds is 2. The molecule has 0 bridgehead atoms. The number of nitrogens with zero attached hydrogens (tertiary/aromatic N) is 2. The predicted octanol–water partition coefficient (Wildman–Crippen LogP) is 4.34. The second kappa shape index (κ2) is 5.67. The minimum absolute atomic E-state index is 0.0721. The molecular weight excluding hydrogens is 310 g/mol. The van der Waals surface area contributed by atoms with Crippen molar-refractivity contribution in [2.45, 2.75) is 19.3 Å². The molecule has 0 atom stereocenters. The van der Waals surface area contributed by atoms with Gasteiger partial charge in [-0.25, -0.2) is 13.5 Å². The number of carbonyl (C=O) groups is 1. The maximum atomic E-state index is 14.2. The molecule has 1 aliphatic rings. The Labute approximate surface area is 137 Å². The van der Waals surface area contributed by atoms with E-state index in [2.05, 4.69) is 5.10 Å². The molecular formula is C19H14F2N2O. The van der Waals surface area contributed by atoms with Crippen LogP contribution in [0, 0.1) is 11.6 Å². The van der Waals surface area contributed by atoms with Crippen molar-refractivity contribution in [2.24, 2.45) is 0 Å². The molecule has 3 nitrogen and oxygen atoms in total. The van der Waals surface area contributed by atoms with Gasteiger partial charge in [0.15, 0.2) is 5.78 Å². The lowest BCUT2D eigenvalue weighted by Crippen LogP contribution is -2.13. The molecule has 4 rings (SSSR count). The summed E-state index contributed by atoms with van der Waals surface area (Å²) >= 11 is 0. The highest BCUT2D eigenvalue weighted by molar-refractivity contribution is 6.03. The van der Waals surface area contributed by atoms with Gasteiger partial charge in [0.1, 0.15) is 23.0 Å². The molecule has 0 unspecified atom stereocenters. The highest BCUT2D eigenvalue weighted by Gasteiger charge is 2.29. The third-order valence-electron chi connectivity index (χ3n) is 4.29. The number of hydrogen-bond donors (Lipinski definition) is 0. The molecule has 0 saturated carbocycles. The van der Waals surface area contributed by atoms with E-state index in [-0.39, 0.29) is 22.7 Å². The Morgan fingerprint density at radius 2 is 1.62 bits per heavy atom. The van der Waals surface area contributed by atoms with Crippen LogP contribution in [0.15, 0.2) is 48.5 Å². The minimum Gasteiger partial charge on any atom is -0.294 e. The molecule has 24 heavy (non-hydrogen) atoms. The van der Waals surface area contributed by atoms with Gasteiger partial charge in [-0.05, 0) is 37.1 Å². The van der Waals surface area contributed by atoms with Crippen LogP contribution < -0.4 is 0 Å². The van der Waals surface area contributed by atoms with Crippen molar-refractivity contribution in [2.75, 3.05) is 0 Å². The topological polar surface area (TPSA) is 34.9 Å². The van der Waals surface area contributed by atoms with Gasteiger partial charge >= 0.3 is 0 Å². The average Bonchev–Trinajstić information content (AvgIpc) is 2.96. The van der Waals surface area contributed by atoms with Crippen molar-refractivity contribution in [1.29, 1.82) is 0 Å². The van der Waals surface area contributed by atoms with E-state index >= 15 is 0 Å². The van der Waals surface area contributed by atoms with Gasteiger partial charge in [-0.15, -0.1) is 0 Å². The molecule has 0 amide bonds. The van der Waals surface area contributed by atoms with Crippen molar-refractivity contribution in [3.63, 3.8) is 0 Å². The molecule has 0 saturated heterocycles. The van der Waals surface area contributed by atoms with Crippen molar-refractivity contribution in [3.8, 4) is 16.9 Å². The number of aromatic nitrogens is 2. The predicted molar refractivity (Wildman–Crippen MR) is 86.2 cm³/mol. The van der Waals surface area contributed by atoms with Crippen LogP contribution in [0.1, 0.15) is 28.9 Å². The Kier molecular flexibility index (Phi) is 3.49. The second-order valence-corrected chi connectivity index (χ2v) is 5.79. The molecule has 0 spiro atoms. The lowest BCUT2D eigenvalue weighted by atomic mass is 9.92. The van der Waals surface area contributed by atoms with Gasteiger partial charge < -0.3 is 0 Å². The van der Waals surface area contributed by atoms with Crippen LogP contribution in [0.25, 0.3) is 16.9 Å². The quantitative estimate of drug-likeness (QED) is 0.703. The van der Waals surface area contributed by atoms with E-state index in [0.29, 0.717) is 30.5 Å². The van der Waals surface area contributed by atoms with Crippen LogP contribution in [0.4, 0.5) is 8.78 Å². The van der Waals surface area contributed by atoms with Crippen molar-refractivity contribution >= 4 is 5.78 Å². The van der Waals surface area contributed by atoms with E-state index in [4.69, 9.17) is 0 Å². The SMILES string of the molecule is O=C1CCCc2c1c(-c1ccccc1F)nn2-c1ccccc1F. The molecule has 0 radical (unpaired) electrons. The third kappa shape index (κ3) is 2.24. The number of ketones is 1. The fourth-order valence-corrected chi connectivity index (χ4v) is 3.18. The normalized spacial score (nSPS) is 13.8. The summed E-state index contributed by atoms with van der Waals surface area (Å²) in [6, 6.07) is 12.4. The van der Waals surface area contributed by atoms with Crippen molar-refractivity contribution in [3.05, 3.63) is 71.4 Å². The molecule has 0 fully saturated rings. The lowest BCUT2D eigenvalue weighted by Gasteiger charge is -2.13. The Balaban J connectivity index is 2.01. The monoisotopic (exact) mass is 324 g/mol. The van der Waals surface area contributed by atoms with E-state index in [9.17, 15) is 13.6 Å². The summed E-state index contributed by atoms with van der Waals surface area (Å²) in [6.45, 7) is 0. The van der Waals surface area contributed by atoms with Gasteiger partial charge in [-0.2, -0.15) is 5.10 Å². The Bertz CT molecular complexity index is 946. The van der Waals surface area contributed by atoms with Crippen LogP contribution >= 0.6 is 0 Å². The first-order valence-corrected chi connectivity index (χ1v) is 7.81. The summed E-state index contributed by atoms with van der Waals surface area (Å²) in [7, 11) is 0. The number of Topliss-reactive ketones (excluding diaryl/α,β-unsaturated/α-hetero) is 1. The zero-order valence-corrected chi connectivity index (χ0v) is 12.8. The number of halogens is 2. The van der Waals surface area contributed by atoms with Crippen LogP contribution in [0.3, 0.4) is 0 Å². The molecule has 3 aromatic rings. The maximum Gasteiger partial charge on any atom is 0.166 e. The van der Waals surface area contributed by atoms with Gasteiger partial charge in [0, 0.05) is 12.0 Å². The highest BCUT2D eigenvalue weighted by atomic mass is 19.1. The smallest absolute Gasteiger partial charge is 0.166 e. The molecule has 5 heteroatoms. The zero-order valence-electron chi connectivity index (χ0n) is 12.8. The number of fused-ring (bicyclic) bond motifs is 1. The van der Waals surface area contributed by atoms with Crippen molar-refractivity contribution < 1.29 is 13.6 Å². The van der Waals surface area contributed by atoms with Gasteiger partial charge in [-0.1, -0.05) is 24.3 Å². The molecule has 0 aliphatic heterocycles. The van der Waals surface area contributed by atoms with E-state index in [1.54, 1.807) is 36.4 Å². The molecule has 1 aliphatic carbocycles. The number of benzene rings is 2. The summed E-state index contributed by atoms with van der Waals surface area (Å²) in [6.07, 6.45) is 1.69. The first-order chi connectivity index (χ1) is 11.7. The van der Waals surface area contributed by atoms with Gasteiger partial charge in [0.25, 0.3) is 0 Å². The second-order valence-electron chi connectivity index (χ2n) is 5.79. The summed E-state index contributed by atoms with van der Waals surface area (Å²) in [5.41, 5.74) is 1.88. The van der Waals surface area contributed by atoms with Crippen molar-refractivity contribution in [1.82, 2.24) is 9.78 Å². The van der Waals surface area contributed by atoms with E-state index in [1.165, 1.54) is 16.8 Å². The maximum absolute atomic E-state index is 14.2. The Morgan fingerprint density at radius 3 is 2.38 bits per heavy atom. The van der Waals surface area contributed by atoms with Gasteiger partial charge in [0.2, 0.25) is 0 Å². The number of hydrogen-bond acceptors (Lipinski definition) is 2. The lowest BCUT2D eigenvalue weighted by molar-refractivity contribution is 0.0972. The molecule has 0 N–H and O–H groups in total. The van der Waals surface area contributed by atoms with E-state index in [1.807, 2.05) is 0 Å². The number of carbonyl (C=O) groups excluding carboxylic acids is 1. The molecule has 2 aromatic carbocycles. The van der Waals surface area contributed by atoms with Crippen LogP contribution in [-0.2, 0) is 6.42 Å². The third-order valence-corrected chi connectivity index (χ3v) is 4.29. The van der Waals surface area contributed by atoms with Crippen LogP contribution in [-0.4, -0.2) is 15.6 Å². The van der Waals surface area contributed by atoms with Gasteiger partial charge in [-0.3, -0.25) is 4.79 Å². The summed E-state index contributed by atoms with van der Waals surface area (Å²) in [5.74, 6) is -0.949. The van der Waals surface area contributed by atoms with Crippen LogP contribution in [0.2, 0.25) is 0 Å². The minimum atomic E-state index is -0.447.